The van der Waals surface area contributed by atoms with E-state index < -0.39 is 0 Å². The highest BCUT2D eigenvalue weighted by Crippen LogP contribution is 2.22. The molecule has 0 bridgehead atoms. The molecule has 56 valence electrons. The van der Waals surface area contributed by atoms with E-state index in [2.05, 4.69) is 0 Å². The Morgan fingerprint density at radius 1 is 1.60 bits per heavy atom. The SMILES string of the molecule is N/C(Cl)=C1/COC/C1=C\Cl. The van der Waals surface area contributed by atoms with Gasteiger partial charge in [-0.2, -0.15) is 0 Å². The first kappa shape index (κ1) is 7.92. The predicted octanol–water partition coefficient (Wildman–Crippen LogP) is 1.55. The molecule has 0 aromatic carbocycles. The van der Waals surface area contributed by atoms with Crippen molar-refractivity contribution in [1.82, 2.24) is 0 Å². The average Bonchev–Trinajstić information content (AvgIpc) is 2.33. The lowest BCUT2D eigenvalue weighted by Gasteiger charge is -1.95. The van der Waals surface area contributed by atoms with Crippen molar-refractivity contribution < 1.29 is 4.74 Å². The summed E-state index contributed by atoms with van der Waals surface area (Å²) in [5.41, 5.74) is 8.44. The van der Waals surface area contributed by atoms with Crippen LogP contribution in [-0.2, 0) is 4.74 Å². The van der Waals surface area contributed by atoms with Gasteiger partial charge in [-0.3, -0.25) is 0 Å². The third-order valence-corrected chi connectivity index (χ3v) is 1.80. The summed E-state index contributed by atoms with van der Waals surface area (Å²) >= 11 is 11.0. The highest BCUT2D eigenvalue weighted by atomic mass is 35.5. The van der Waals surface area contributed by atoms with E-state index in [-0.39, 0.29) is 5.16 Å². The molecular formula is C6H7Cl2NO. The van der Waals surface area contributed by atoms with Crippen molar-refractivity contribution in [2.75, 3.05) is 13.2 Å². The highest BCUT2D eigenvalue weighted by Gasteiger charge is 2.15. The highest BCUT2D eigenvalue weighted by molar-refractivity contribution is 6.30. The summed E-state index contributed by atoms with van der Waals surface area (Å²) in [6.07, 6.45) is 0. The van der Waals surface area contributed by atoms with Crippen molar-refractivity contribution in [3.8, 4) is 0 Å². The molecule has 2 nitrogen and oxygen atoms in total. The van der Waals surface area contributed by atoms with Gasteiger partial charge in [0.1, 0.15) is 5.16 Å². The largest absolute Gasteiger partial charge is 0.389 e. The number of hydrogen-bond donors (Lipinski definition) is 1. The molecule has 0 aromatic rings. The Labute approximate surface area is 69.2 Å². The molecule has 0 unspecified atom stereocenters. The minimum absolute atomic E-state index is 0.268. The topological polar surface area (TPSA) is 35.2 Å². The lowest BCUT2D eigenvalue weighted by molar-refractivity contribution is 0.215. The summed E-state index contributed by atoms with van der Waals surface area (Å²) in [6.45, 7) is 0.972. The monoisotopic (exact) mass is 179 g/mol. The second-order valence-electron chi connectivity index (χ2n) is 1.95. The quantitative estimate of drug-likeness (QED) is 0.574. The zero-order valence-corrected chi connectivity index (χ0v) is 6.74. The van der Waals surface area contributed by atoms with Crippen LogP contribution in [0.25, 0.3) is 0 Å². The first-order valence-electron chi connectivity index (χ1n) is 2.77. The summed E-state index contributed by atoms with van der Waals surface area (Å²) < 4.78 is 5.05. The van der Waals surface area contributed by atoms with E-state index in [9.17, 15) is 0 Å². The lowest BCUT2D eigenvalue weighted by atomic mass is 10.2. The van der Waals surface area contributed by atoms with Gasteiger partial charge in [0.25, 0.3) is 0 Å². The number of halogens is 2. The Morgan fingerprint density at radius 2 is 2.30 bits per heavy atom. The third-order valence-electron chi connectivity index (χ3n) is 1.31. The van der Waals surface area contributed by atoms with Gasteiger partial charge in [-0.1, -0.05) is 23.2 Å². The van der Waals surface area contributed by atoms with E-state index in [0.29, 0.717) is 13.2 Å². The van der Waals surface area contributed by atoms with Crippen molar-refractivity contribution in [3.05, 3.63) is 21.8 Å². The summed E-state index contributed by atoms with van der Waals surface area (Å²) in [5, 5.41) is 0.268. The van der Waals surface area contributed by atoms with Gasteiger partial charge in [0.2, 0.25) is 0 Å². The summed E-state index contributed by atoms with van der Waals surface area (Å²) in [4.78, 5) is 0. The predicted molar refractivity (Wildman–Crippen MR) is 41.8 cm³/mol. The number of nitrogens with two attached hydrogens (primary N) is 1. The van der Waals surface area contributed by atoms with Crippen LogP contribution in [0.5, 0.6) is 0 Å². The molecule has 1 heterocycles. The normalized spacial score (nSPS) is 27.6. The van der Waals surface area contributed by atoms with E-state index in [1.165, 1.54) is 5.54 Å². The van der Waals surface area contributed by atoms with Crippen LogP contribution < -0.4 is 5.73 Å². The molecule has 0 saturated carbocycles. The lowest BCUT2D eigenvalue weighted by Crippen LogP contribution is -1.96. The van der Waals surface area contributed by atoms with Gasteiger partial charge in [-0.15, -0.1) is 0 Å². The van der Waals surface area contributed by atoms with Crippen LogP contribution >= 0.6 is 23.2 Å². The smallest absolute Gasteiger partial charge is 0.105 e. The standard InChI is InChI=1S/C6H7Cl2NO/c7-1-4-2-10-3-5(4)6(8)9/h1H,2-3,9H2/b4-1+,6-5-. The molecule has 1 fully saturated rings. The van der Waals surface area contributed by atoms with E-state index >= 15 is 0 Å². The van der Waals surface area contributed by atoms with Gasteiger partial charge < -0.3 is 10.5 Å². The second-order valence-corrected chi connectivity index (χ2v) is 2.58. The van der Waals surface area contributed by atoms with E-state index in [0.717, 1.165) is 11.1 Å². The minimum Gasteiger partial charge on any atom is -0.389 e. The molecule has 0 amide bonds. The van der Waals surface area contributed by atoms with Gasteiger partial charge >= 0.3 is 0 Å². The average molecular weight is 180 g/mol. The molecule has 0 atom stereocenters. The van der Waals surface area contributed by atoms with Crippen LogP contribution in [0.1, 0.15) is 0 Å². The van der Waals surface area contributed by atoms with Gasteiger partial charge in [0.05, 0.1) is 13.2 Å². The van der Waals surface area contributed by atoms with E-state index in [1.807, 2.05) is 0 Å². The van der Waals surface area contributed by atoms with Crippen LogP contribution in [0, 0.1) is 0 Å². The molecule has 0 aromatic heterocycles. The number of hydrogen-bond acceptors (Lipinski definition) is 2. The second kappa shape index (κ2) is 3.28. The first-order chi connectivity index (χ1) is 4.75. The van der Waals surface area contributed by atoms with E-state index in [4.69, 9.17) is 33.7 Å². The van der Waals surface area contributed by atoms with Crippen molar-refractivity contribution in [2.24, 2.45) is 5.73 Å². The van der Waals surface area contributed by atoms with Crippen LogP contribution in [0.4, 0.5) is 0 Å². The summed E-state index contributed by atoms with van der Waals surface area (Å²) in [7, 11) is 0. The maximum atomic E-state index is 5.54. The molecule has 4 heteroatoms. The van der Waals surface area contributed by atoms with Gasteiger partial charge in [-0.25, -0.2) is 0 Å². The summed E-state index contributed by atoms with van der Waals surface area (Å²) in [6, 6.07) is 0. The van der Waals surface area contributed by atoms with Gasteiger partial charge in [0.15, 0.2) is 0 Å². The maximum absolute atomic E-state index is 5.54. The van der Waals surface area contributed by atoms with Crippen molar-refractivity contribution in [1.29, 1.82) is 0 Å². The maximum Gasteiger partial charge on any atom is 0.105 e. The third kappa shape index (κ3) is 1.45. The molecule has 0 radical (unpaired) electrons. The fraction of sp³-hybridized carbons (Fsp3) is 0.333. The van der Waals surface area contributed by atoms with Gasteiger partial charge in [0, 0.05) is 11.1 Å². The zero-order valence-electron chi connectivity index (χ0n) is 5.23. The fourth-order valence-corrected chi connectivity index (χ4v) is 1.13. The number of ether oxygens (including phenoxy) is 1. The molecule has 0 aliphatic carbocycles. The first-order valence-corrected chi connectivity index (χ1v) is 3.58. The molecule has 1 rings (SSSR count). The Morgan fingerprint density at radius 3 is 2.70 bits per heavy atom. The van der Waals surface area contributed by atoms with Crippen LogP contribution in [-0.4, -0.2) is 13.2 Å². The Bertz CT molecular complexity index is 194. The Hall–Kier alpha value is -0.180. The van der Waals surface area contributed by atoms with Gasteiger partial charge in [-0.05, 0) is 5.57 Å². The van der Waals surface area contributed by atoms with Crippen LogP contribution in [0.2, 0.25) is 0 Å². The van der Waals surface area contributed by atoms with Crippen molar-refractivity contribution in [3.63, 3.8) is 0 Å². The molecule has 1 saturated heterocycles. The van der Waals surface area contributed by atoms with Crippen LogP contribution in [0.3, 0.4) is 0 Å². The summed E-state index contributed by atoms with van der Waals surface area (Å²) in [5.74, 6) is 0. The number of rotatable bonds is 0. The van der Waals surface area contributed by atoms with Crippen molar-refractivity contribution in [2.45, 2.75) is 0 Å². The molecule has 1 aliphatic heterocycles. The zero-order chi connectivity index (χ0) is 7.56. The van der Waals surface area contributed by atoms with Crippen molar-refractivity contribution >= 4 is 23.2 Å². The Balaban J connectivity index is 2.89. The molecule has 1 aliphatic rings. The minimum atomic E-state index is 0.268. The molecule has 10 heavy (non-hydrogen) atoms. The molecule has 0 spiro atoms. The molecule has 2 N–H and O–H groups in total. The Kier molecular flexibility index (Phi) is 2.60. The molecular weight excluding hydrogens is 173 g/mol. The fourth-order valence-electron chi connectivity index (χ4n) is 0.763. The van der Waals surface area contributed by atoms with E-state index in [1.54, 1.807) is 0 Å². The van der Waals surface area contributed by atoms with Crippen LogP contribution in [0.15, 0.2) is 21.8 Å².